The predicted octanol–water partition coefficient (Wildman–Crippen LogP) is 2.85. The van der Waals surface area contributed by atoms with E-state index in [2.05, 4.69) is 11.0 Å². The number of nitrogens with zero attached hydrogens (tertiary/aromatic N) is 3. The number of non-ortho nitro benzene ring substituents is 1. The van der Waals surface area contributed by atoms with Crippen LogP contribution >= 0.6 is 0 Å². The number of para-hydroxylation sites is 1. The Morgan fingerprint density at radius 3 is 2.64 bits per heavy atom. The molecule has 0 unspecified atom stereocenters. The summed E-state index contributed by atoms with van der Waals surface area (Å²) in [5.74, 6) is -0.605. The van der Waals surface area contributed by atoms with Crippen LogP contribution in [0.25, 0.3) is 0 Å². The molecule has 1 heterocycles. The van der Waals surface area contributed by atoms with Gasteiger partial charge in [0.15, 0.2) is 0 Å². The van der Waals surface area contributed by atoms with Crippen molar-refractivity contribution >= 4 is 23.0 Å². The molecule has 148 valence electrons. The number of benzene rings is 2. The number of anilines is 2. The number of nitro benzene ring substituents is 1. The molecule has 0 N–H and O–H groups in total. The zero-order chi connectivity index (χ0) is 20.1. The molecule has 1 aliphatic rings. The minimum absolute atomic E-state index is 0.147. The Morgan fingerprint density at radius 1 is 1.25 bits per heavy atom. The smallest absolute Gasteiger partial charge is 0.340 e. The Morgan fingerprint density at radius 2 is 1.96 bits per heavy atom. The van der Waals surface area contributed by atoms with Crippen LogP contribution in [-0.2, 0) is 16.0 Å². The van der Waals surface area contributed by atoms with E-state index in [4.69, 9.17) is 9.47 Å². The molecule has 2 aromatic carbocycles. The number of nitro groups is 1. The van der Waals surface area contributed by atoms with Crippen molar-refractivity contribution in [3.05, 3.63) is 63.7 Å². The predicted molar refractivity (Wildman–Crippen MR) is 106 cm³/mol. The van der Waals surface area contributed by atoms with Gasteiger partial charge in [0.05, 0.1) is 36.5 Å². The first kappa shape index (κ1) is 19.6. The number of ether oxygens (including phenoxy) is 2. The highest BCUT2D eigenvalue weighted by atomic mass is 16.6. The van der Waals surface area contributed by atoms with Crippen molar-refractivity contribution in [3.8, 4) is 0 Å². The summed E-state index contributed by atoms with van der Waals surface area (Å²) in [6, 6.07) is 12.3. The van der Waals surface area contributed by atoms with E-state index < -0.39 is 10.9 Å². The first-order valence-electron chi connectivity index (χ1n) is 8.99. The molecule has 28 heavy (non-hydrogen) atoms. The Bertz CT molecular complexity index is 865. The van der Waals surface area contributed by atoms with E-state index in [0.29, 0.717) is 25.4 Å². The zero-order valence-electron chi connectivity index (χ0n) is 16.0. The maximum absolute atomic E-state index is 12.2. The van der Waals surface area contributed by atoms with Crippen molar-refractivity contribution < 1.29 is 19.2 Å². The SMILES string of the molecule is COC(=O)c1cc([N+](=O)[O-])ccc1N(C)Cc1ccccc1N1CCOCC1. The molecule has 0 aliphatic carbocycles. The Balaban J connectivity index is 1.90. The number of carbonyl (C=O) groups is 1. The highest BCUT2D eigenvalue weighted by Crippen LogP contribution is 2.29. The van der Waals surface area contributed by atoms with Gasteiger partial charge in [-0.1, -0.05) is 18.2 Å². The lowest BCUT2D eigenvalue weighted by Gasteiger charge is -2.32. The first-order chi connectivity index (χ1) is 13.5. The molecule has 0 atom stereocenters. The fourth-order valence-corrected chi connectivity index (χ4v) is 3.34. The molecule has 0 radical (unpaired) electrons. The summed E-state index contributed by atoms with van der Waals surface area (Å²) in [5.41, 5.74) is 2.82. The quantitative estimate of drug-likeness (QED) is 0.429. The molecule has 1 saturated heterocycles. The van der Waals surface area contributed by atoms with Crippen LogP contribution < -0.4 is 9.80 Å². The summed E-state index contributed by atoms with van der Waals surface area (Å²) in [7, 11) is 3.11. The average Bonchev–Trinajstić information content (AvgIpc) is 2.73. The van der Waals surface area contributed by atoms with Gasteiger partial charge in [0.1, 0.15) is 0 Å². The zero-order valence-corrected chi connectivity index (χ0v) is 16.0. The minimum atomic E-state index is -0.605. The molecular weight excluding hydrogens is 362 g/mol. The van der Waals surface area contributed by atoms with Crippen molar-refractivity contribution in [2.75, 3.05) is 50.3 Å². The van der Waals surface area contributed by atoms with E-state index in [1.807, 2.05) is 30.1 Å². The summed E-state index contributed by atoms with van der Waals surface area (Å²) in [5, 5.41) is 11.1. The Hall–Kier alpha value is -3.13. The van der Waals surface area contributed by atoms with Crippen molar-refractivity contribution in [1.82, 2.24) is 0 Å². The number of hydrogen-bond donors (Lipinski definition) is 0. The summed E-state index contributed by atoms with van der Waals surface area (Å²) in [6.07, 6.45) is 0. The average molecular weight is 385 g/mol. The molecule has 0 spiro atoms. The van der Waals surface area contributed by atoms with Crippen LogP contribution in [0.15, 0.2) is 42.5 Å². The van der Waals surface area contributed by atoms with Crippen LogP contribution in [0.1, 0.15) is 15.9 Å². The van der Waals surface area contributed by atoms with Gasteiger partial charge in [-0.3, -0.25) is 10.1 Å². The standard InChI is InChI=1S/C20H23N3O5/c1-21(19-8-7-16(23(25)26)13-17(19)20(24)27-2)14-15-5-3-4-6-18(15)22-9-11-28-12-10-22/h3-8,13H,9-12,14H2,1-2H3. The molecule has 3 rings (SSSR count). The van der Waals surface area contributed by atoms with Crippen LogP contribution in [0.4, 0.5) is 17.1 Å². The number of esters is 1. The van der Waals surface area contributed by atoms with Crippen LogP contribution in [0.5, 0.6) is 0 Å². The van der Waals surface area contributed by atoms with E-state index in [9.17, 15) is 14.9 Å². The van der Waals surface area contributed by atoms with Gasteiger partial charge in [0, 0.05) is 44.5 Å². The third-order valence-electron chi connectivity index (χ3n) is 4.76. The summed E-state index contributed by atoms with van der Waals surface area (Å²) >= 11 is 0. The number of carbonyl (C=O) groups excluding carboxylic acids is 1. The number of methoxy groups -OCH3 is 1. The van der Waals surface area contributed by atoms with Gasteiger partial charge in [-0.15, -0.1) is 0 Å². The molecule has 0 saturated carbocycles. The highest BCUT2D eigenvalue weighted by molar-refractivity contribution is 5.96. The molecule has 0 amide bonds. The summed E-state index contributed by atoms with van der Waals surface area (Å²) in [6.45, 7) is 3.57. The maximum atomic E-state index is 12.2. The van der Waals surface area contributed by atoms with E-state index >= 15 is 0 Å². The molecular formula is C20H23N3O5. The molecule has 0 bridgehead atoms. The fourth-order valence-electron chi connectivity index (χ4n) is 3.34. The van der Waals surface area contributed by atoms with E-state index in [1.54, 1.807) is 6.07 Å². The normalized spacial score (nSPS) is 13.9. The lowest BCUT2D eigenvalue weighted by Crippen LogP contribution is -2.37. The van der Waals surface area contributed by atoms with Crippen LogP contribution in [0, 0.1) is 10.1 Å². The van der Waals surface area contributed by atoms with Gasteiger partial charge in [0.2, 0.25) is 0 Å². The summed E-state index contributed by atoms with van der Waals surface area (Å²) in [4.78, 5) is 26.9. The van der Waals surface area contributed by atoms with E-state index in [-0.39, 0.29) is 11.3 Å². The first-order valence-corrected chi connectivity index (χ1v) is 8.99. The van der Waals surface area contributed by atoms with E-state index in [0.717, 1.165) is 24.3 Å². The number of morpholine rings is 1. The van der Waals surface area contributed by atoms with Crippen molar-refractivity contribution in [2.24, 2.45) is 0 Å². The molecule has 8 nitrogen and oxygen atoms in total. The molecule has 2 aromatic rings. The van der Waals surface area contributed by atoms with Gasteiger partial charge in [-0.25, -0.2) is 4.79 Å². The molecule has 1 fully saturated rings. The second-order valence-corrected chi connectivity index (χ2v) is 6.53. The third-order valence-corrected chi connectivity index (χ3v) is 4.76. The highest BCUT2D eigenvalue weighted by Gasteiger charge is 2.21. The fraction of sp³-hybridized carbons (Fsp3) is 0.350. The lowest BCUT2D eigenvalue weighted by molar-refractivity contribution is -0.384. The monoisotopic (exact) mass is 385 g/mol. The van der Waals surface area contributed by atoms with Crippen LogP contribution in [0.2, 0.25) is 0 Å². The second-order valence-electron chi connectivity index (χ2n) is 6.53. The topological polar surface area (TPSA) is 85.1 Å². The molecule has 8 heteroatoms. The van der Waals surface area contributed by atoms with Crippen molar-refractivity contribution in [2.45, 2.75) is 6.54 Å². The largest absolute Gasteiger partial charge is 0.465 e. The maximum Gasteiger partial charge on any atom is 0.340 e. The van der Waals surface area contributed by atoms with Gasteiger partial charge < -0.3 is 19.3 Å². The van der Waals surface area contributed by atoms with E-state index in [1.165, 1.54) is 19.2 Å². The van der Waals surface area contributed by atoms with Crippen molar-refractivity contribution in [1.29, 1.82) is 0 Å². The van der Waals surface area contributed by atoms with Crippen molar-refractivity contribution in [3.63, 3.8) is 0 Å². The lowest BCUT2D eigenvalue weighted by atomic mass is 10.1. The molecule has 0 aromatic heterocycles. The molecule has 1 aliphatic heterocycles. The van der Waals surface area contributed by atoms with Gasteiger partial charge in [-0.2, -0.15) is 0 Å². The number of rotatable bonds is 6. The van der Waals surface area contributed by atoms with Gasteiger partial charge in [-0.05, 0) is 17.7 Å². The second kappa shape index (κ2) is 8.71. The summed E-state index contributed by atoms with van der Waals surface area (Å²) < 4.78 is 10.3. The number of hydrogen-bond acceptors (Lipinski definition) is 7. The minimum Gasteiger partial charge on any atom is -0.465 e. The Labute approximate surface area is 163 Å². The Kier molecular flexibility index (Phi) is 6.10. The van der Waals surface area contributed by atoms with Crippen LogP contribution in [0.3, 0.4) is 0 Å². The van der Waals surface area contributed by atoms with Gasteiger partial charge >= 0.3 is 5.97 Å². The van der Waals surface area contributed by atoms with Gasteiger partial charge in [0.25, 0.3) is 5.69 Å². The third kappa shape index (κ3) is 4.23. The van der Waals surface area contributed by atoms with Crippen LogP contribution in [-0.4, -0.2) is 51.4 Å².